The summed E-state index contributed by atoms with van der Waals surface area (Å²) in [6.45, 7) is 1.78. The molecule has 2 rings (SSSR count). The molecule has 92 valence electrons. The zero-order valence-corrected chi connectivity index (χ0v) is 11.8. The van der Waals surface area contributed by atoms with Crippen LogP contribution < -0.4 is 5.32 Å². The third-order valence-electron chi connectivity index (χ3n) is 2.15. The summed E-state index contributed by atoms with van der Waals surface area (Å²) >= 11 is 9.10. The molecule has 0 aliphatic heterocycles. The van der Waals surface area contributed by atoms with Crippen LogP contribution in [-0.2, 0) is 0 Å². The van der Waals surface area contributed by atoms with Crippen LogP contribution in [0.25, 0.3) is 0 Å². The standard InChI is InChI=1S/C12H9BrClN3O/c1-7-6-10(14)16-12(15-7)17-11(18)8-2-4-9(13)5-3-8/h2-6H,1H3,(H,15,16,17,18). The molecule has 0 aliphatic rings. The predicted octanol–water partition coefficient (Wildman–Crippen LogP) is 3.45. The van der Waals surface area contributed by atoms with Crippen molar-refractivity contribution in [1.82, 2.24) is 9.97 Å². The Kier molecular flexibility index (Phi) is 3.93. The lowest BCUT2D eigenvalue weighted by Gasteiger charge is -2.05. The quantitative estimate of drug-likeness (QED) is 0.860. The van der Waals surface area contributed by atoms with E-state index in [2.05, 4.69) is 31.2 Å². The third-order valence-corrected chi connectivity index (χ3v) is 2.88. The van der Waals surface area contributed by atoms with Gasteiger partial charge in [0.15, 0.2) is 0 Å². The number of rotatable bonds is 2. The number of halogens is 2. The number of nitrogens with zero attached hydrogens (tertiary/aromatic N) is 2. The fourth-order valence-corrected chi connectivity index (χ4v) is 1.86. The largest absolute Gasteiger partial charge is 0.290 e. The number of carbonyl (C=O) groups excluding carboxylic acids is 1. The molecule has 2 aromatic rings. The first-order chi connectivity index (χ1) is 8.54. The lowest BCUT2D eigenvalue weighted by Crippen LogP contribution is -2.14. The number of nitrogens with one attached hydrogen (secondary N) is 1. The van der Waals surface area contributed by atoms with Gasteiger partial charge in [0.1, 0.15) is 5.15 Å². The first kappa shape index (κ1) is 13.0. The highest BCUT2D eigenvalue weighted by Crippen LogP contribution is 2.13. The molecule has 0 unspecified atom stereocenters. The summed E-state index contributed by atoms with van der Waals surface area (Å²) < 4.78 is 0.911. The van der Waals surface area contributed by atoms with Crippen molar-refractivity contribution in [2.45, 2.75) is 6.92 Å². The van der Waals surface area contributed by atoms with Gasteiger partial charge in [-0.05, 0) is 37.3 Å². The van der Waals surface area contributed by atoms with Gasteiger partial charge < -0.3 is 0 Å². The van der Waals surface area contributed by atoms with Crippen molar-refractivity contribution >= 4 is 39.4 Å². The molecule has 1 heterocycles. The topological polar surface area (TPSA) is 54.9 Å². The van der Waals surface area contributed by atoms with E-state index in [0.717, 1.165) is 4.47 Å². The van der Waals surface area contributed by atoms with E-state index < -0.39 is 0 Å². The van der Waals surface area contributed by atoms with E-state index in [-0.39, 0.29) is 11.9 Å². The Morgan fingerprint density at radius 1 is 1.28 bits per heavy atom. The summed E-state index contributed by atoms with van der Waals surface area (Å²) in [5.41, 5.74) is 1.22. The van der Waals surface area contributed by atoms with Gasteiger partial charge >= 0.3 is 0 Å². The first-order valence-corrected chi connectivity index (χ1v) is 6.30. The molecule has 0 radical (unpaired) electrons. The molecule has 1 amide bonds. The summed E-state index contributed by atoms with van der Waals surface area (Å²) in [6, 6.07) is 8.61. The highest BCUT2D eigenvalue weighted by molar-refractivity contribution is 9.10. The van der Waals surface area contributed by atoms with Crippen LogP contribution in [0.1, 0.15) is 16.1 Å². The molecule has 0 aliphatic carbocycles. The Balaban J connectivity index is 2.18. The number of anilines is 1. The summed E-state index contributed by atoms with van der Waals surface area (Å²) in [6.07, 6.45) is 0. The summed E-state index contributed by atoms with van der Waals surface area (Å²) in [4.78, 5) is 19.9. The van der Waals surface area contributed by atoms with Crippen molar-refractivity contribution in [2.75, 3.05) is 5.32 Å². The van der Waals surface area contributed by atoms with E-state index in [1.165, 1.54) is 0 Å². The van der Waals surface area contributed by atoms with Gasteiger partial charge in [0, 0.05) is 15.7 Å². The molecular formula is C12H9BrClN3O. The SMILES string of the molecule is Cc1cc(Cl)nc(NC(=O)c2ccc(Br)cc2)n1. The molecule has 0 bridgehead atoms. The van der Waals surface area contributed by atoms with Crippen molar-refractivity contribution in [3.8, 4) is 0 Å². The molecule has 0 saturated heterocycles. The van der Waals surface area contributed by atoms with Crippen molar-refractivity contribution in [3.63, 3.8) is 0 Å². The Bertz CT molecular complexity index is 566. The Hall–Kier alpha value is -1.46. The van der Waals surface area contributed by atoms with Gasteiger partial charge in [0.2, 0.25) is 5.95 Å². The Morgan fingerprint density at radius 2 is 1.94 bits per heavy atom. The average Bonchev–Trinajstić information content (AvgIpc) is 2.28. The number of aromatic nitrogens is 2. The Morgan fingerprint density at radius 3 is 2.56 bits per heavy atom. The number of carbonyl (C=O) groups is 1. The summed E-state index contributed by atoms with van der Waals surface area (Å²) in [5.74, 6) is -0.0721. The Labute approximate surface area is 118 Å². The van der Waals surface area contributed by atoms with E-state index in [4.69, 9.17) is 11.6 Å². The normalized spacial score (nSPS) is 10.2. The van der Waals surface area contributed by atoms with Crippen LogP contribution in [0.3, 0.4) is 0 Å². The predicted molar refractivity (Wildman–Crippen MR) is 73.9 cm³/mol. The van der Waals surface area contributed by atoms with E-state index >= 15 is 0 Å². The smallest absolute Gasteiger partial charge is 0.258 e. The van der Waals surface area contributed by atoms with Crippen molar-refractivity contribution < 1.29 is 4.79 Å². The third kappa shape index (κ3) is 3.27. The highest BCUT2D eigenvalue weighted by Gasteiger charge is 2.08. The molecule has 1 N–H and O–H groups in total. The van der Waals surface area contributed by atoms with E-state index in [0.29, 0.717) is 16.4 Å². The van der Waals surface area contributed by atoms with Gasteiger partial charge in [-0.15, -0.1) is 0 Å². The molecule has 0 fully saturated rings. The van der Waals surface area contributed by atoms with Crippen LogP contribution in [-0.4, -0.2) is 15.9 Å². The van der Waals surface area contributed by atoms with Crippen LogP contribution >= 0.6 is 27.5 Å². The number of aryl methyl sites for hydroxylation is 1. The average molecular weight is 327 g/mol. The molecule has 0 atom stereocenters. The maximum atomic E-state index is 11.9. The first-order valence-electron chi connectivity index (χ1n) is 5.13. The second-order valence-electron chi connectivity index (χ2n) is 3.62. The van der Waals surface area contributed by atoms with Gasteiger partial charge in [-0.3, -0.25) is 10.1 Å². The number of benzene rings is 1. The minimum Gasteiger partial charge on any atom is -0.290 e. The van der Waals surface area contributed by atoms with Gasteiger partial charge in [-0.2, -0.15) is 0 Å². The fraction of sp³-hybridized carbons (Fsp3) is 0.0833. The molecule has 0 spiro atoms. The maximum Gasteiger partial charge on any atom is 0.258 e. The molecule has 0 saturated carbocycles. The zero-order valence-electron chi connectivity index (χ0n) is 9.45. The van der Waals surface area contributed by atoms with Gasteiger partial charge in [-0.1, -0.05) is 27.5 Å². The maximum absolute atomic E-state index is 11.9. The van der Waals surface area contributed by atoms with Gasteiger partial charge in [0.25, 0.3) is 5.91 Å². The molecular weight excluding hydrogens is 318 g/mol. The van der Waals surface area contributed by atoms with Crippen molar-refractivity contribution in [3.05, 3.63) is 51.2 Å². The molecule has 1 aromatic heterocycles. The minimum absolute atomic E-state index is 0.202. The minimum atomic E-state index is -0.274. The number of hydrogen-bond acceptors (Lipinski definition) is 3. The summed E-state index contributed by atoms with van der Waals surface area (Å²) in [7, 11) is 0. The molecule has 18 heavy (non-hydrogen) atoms. The van der Waals surface area contributed by atoms with E-state index in [1.807, 2.05) is 0 Å². The van der Waals surface area contributed by atoms with Crippen LogP contribution in [0.2, 0.25) is 5.15 Å². The van der Waals surface area contributed by atoms with Crippen molar-refractivity contribution in [2.24, 2.45) is 0 Å². The van der Waals surface area contributed by atoms with Gasteiger partial charge in [0.05, 0.1) is 0 Å². The van der Waals surface area contributed by atoms with Gasteiger partial charge in [-0.25, -0.2) is 9.97 Å². The van der Waals surface area contributed by atoms with E-state index in [9.17, 15) is 4.79 Å². The van der Waals surface area contributed by atoms with Crippen LogP contribution in [0.4, 0.5) is 5.95 Å². The summed E-state index contributed by atoms with van der Waals surface area (Å²) in [5, 5.41) is 2.90. The second kappa shape index (κ2) is 5.46. The van der Waals surface area contributed by atoms with Crippen molar-refractivity contribution in [1.29, 1.82) is 0 Å². The van der Waals surface area contributed by atoms with E-state index in [1.54, 1.807) is 37.3 Å². The lowest BCUT2D eigenvalue weighted by molar-refractivity contribution is 0.102. The van der Waals surface area contributed by atoms with Crippen LogP contribution in [0.5, 0.6) is 0 Å². The second-order valence-corrected chi connectivity index (χ2v) is 4.92. The molecule has 6 heteroatoms. The molecule has 4 nitrogen and oxygen atoms in total. The highest BCUT2D eigenvalue weighted by atomic mass is 79.9. The van der Waals surface area contributed by atoms with Crippen LogP contribution in [0.15, 0.2) is 34.8 Å². The van der Waals surface area contributed by atoms with Crippen LogP contribution in [0, 0.1) is 6.92 Å². The lowest BCUT2D eigenvalue weighted by atomic mass is 10.2. The zero-order chi connectivity index (χ0) is 13.1. The fourth-order valence-electron chi connectivity index (χ4n) is 1.36. The molecule has 1 aromatic carbocycles. The number of hydrogen-bond donors (Lipinski definition) is 1. The monoisotopic (exact) mass is 325 g/mol. The number of amides is 1.